The molecule has 0 saturated heterocycles. The second kappa shape index (κ2) is 60.1. The number of hydrogen-bond donors (Lipinski definition) is 0. The highest BCUT2D eigenvalue weighted by atomic mass is 16.6. The van der Waals surface area contributed by atoms with Crippen molar-refractivity contribution in [3.8, 4) is 0 Å². The molecule has 412 valence electrons. The van der Waals surface area contributed by atoms with Gasteiger partial charge in [0.05, 0.1) is 0 Å². The van der Waals surface area contributed by atoms with E-state index in [0.717, 1.165) is 116 Å². The van der Waals surface area contributed by atoms with Gasteiger partial charge in [-0.1, -0.05) is 264 Å². The number of carbonyl (C=O) groups excluding carboxylic acids is 3. The number of unbranched alkanes of at least 4 members (excludes halogenated alkanes) is 19. The van der Waals surface area contributed by atoms with E-state index in [2.05, 4.69) is 142 Å². The van der Waals surface area contributed by atoms with E-state index in [1.807, 2.05) is 12.2 Å². The van der Waals surface area contributed by atoms with Gasteiger partial charge in [0.2, 0.25) is 0 Å². The van der Waals surface area contributed by atoms with Gasteiger partial charge >= 0.3 is 17.9 Å². The van der Waals surface area contributed by atoms with Crippen molar-refractivity contribution in [3.05, 3.63) is 134 Å². The van der Waals surface area contributed by atoms with Gasteiger partial charge in [-0.05, 0) is 103 Å². The Bertz CT molecular complexity index is 1580. The van der Waals surface area contributed by atoms with E-state index >= 15 is 0 Å². The maximum absolute atomic E-state index is 12.9. The molecule has 6 heteroatoms. The Hall–Kier alpha value is -4.45. The minimum absolute atomic E-state index is 0.120. The van der Waals surface area contributed by atoms with Gasteiger partial charge in [-0.2, -0.15) is 0 Å². The fraction of sp³-hybridized carbons (Fsp3) is 0.627. The molecular weight excluding hydrogens is 901 g/mol. The highest BCUT2D eigenvalue weighted by Gasteiger charge is 2.19. The van der Waals surface area contributed by atoms with E-state index in [9.17, 15) is 14.4 Å². The smallest absolute Gasteiger partial charge is 0.306 e. The Balaban J connectivity index is 4.47. The lowest BCUT2D eigenvalue weighted by atomic mass is 10.0. The van der Waals surface area contributed by atoms with Gasteiger partial charge in [0, 0.05) is 19.3 Å². The molecule has 0 radical (unpaired) electrons. The van der Waals surface area contributed by atoms with E-state index in [1.165, 1.54) is 89.9 Å². The predicted octanol–water partition coefficient (Wildman–Crippen LogP) is 20.2. The third kappa shape index (κ3) is 58.3. The molecule has 0 rings (SSSR count). The van der Waals surface area contributed by atoms with Crippen molar-refractivity contribution in [2.24, 2.45) is 0 Å². The van der Waals surface area contributed by atoms with Gasteiger partial charge in [-0.25, -0.2) is 0 Å². The fourth-order valence-corrected chi connectivity index (χ4v) is 7.79. The van der Waals surface area contributed by atoms with Crippen LogP contribution in [0.25, 0.3) is 0 Å². The van der Waals surface area contributed by atoms with Crippen molar-refractivity contribution in [1.29, 1.82) is 0 Å². The lowest BCUT2D eigenvalue weighted by Gasteiger charge is -2.18. The van der Waals surface area contributed by atoms with Crippen LogP contribution in [0.5, 0.6) is 0 Å². The molecular formula is C67H108O6. The quantitative estimate of drug-likeness (QED) is 0.0261. The van der Waals surface area contributed by atoms with E-state index in [0.29, 0.717) is 19.3 Å². The van der Waals surface area contributed by atoms with Crippen LogP contribution in [0.2, 0.25) is 0 Å². The summed E-state index contributed by atoms with van der Waals surface area (Å²) in [5.74, 6) is -1.03. The third-order valence-corrected chi connectivity index (χ3v) is 12.2. The molecule has 0 spiro atoms. The summed E-state index contributed by atoms with van der Waals surface area (Å²) >= 11 is 0. The molecule has 0 aliphatic carbocycles. The van der Waals surface area contributed by atoms with Crippen LogP contribution in [0.15, 0.2) is 134 Å². The molecule has 0 N–H and O–H groups in total. The van der Waals surface area contributed by atoms with Crippen LogP contribution in [-0.2, 0) is 28.6 Å². The molecule has 0 saturated carbocycles. The lowest BCUT2D eigenvalue weighted by molar-refractivity contribution is -0.166. The SMILES string of the molecule is CC/C=C\C/C=C\C/C=C\C/C=C\C/C=C\C/C=C\C/C=C\CCCCCC(=O)OCC(COC(=O)CC/C=C\C/C=C\C/C=C\C/C=C\CC)OC(=O)CCCCCCCCCCCCCCCCCCC. The van der Waals surface area contributed by atoms with Crippen molar-refractivity contribution in [2.45, 2.75) is 258 Å². The molecule has 0 aromatic rings. The van der Waals surface area contributed by atoms with E-state index in [-0.39, 0.29) is 37.5 Å². The minimum Gasteiger partial charge on any atom is -0.462 e. The average Bonchev–Trinajstić information content (AvgIpc) is 3.39. The molecule has 0 amide bonds. The molecule has 0 aromatic carbocycles. The van der Waals surface area contributed by atoms with Gasteiger partial charge < -0.3 is 14.2 Å². The molecule has 0 aromatic heterocycles. The van der Waals surface area contributed by atoms with Crippen LogP contribution in [0, 0.1) is 0 Å². The van der Waals surface area contributed by atoms with E-state index < -0.39 is 6.10 Å². The number of carbonyl (C=O) groups is 3. The standard InChI is InChI=1S/C67H108O6/c1-4-7-10-13-16-19-22-25-27-29-30-31-32-33-34-35-36-38-39-42-45-48-51-54-57-60-66(69)72-63-64(62-71-65(68)59-56-53-50-47-44-41-24-21-18-15-12-9-6-3)73-67(70)61-58-55-52-49-46-43-40-37-28-26-23-20-17-14-11-8-5-2/h7,9-10,12,16,18-19,21,25,27,30-31,33-34,36,38,41-42,44-45,50,53,64H,4-6,8,11,13-15,17,20,22-24,26,28-29,32,35,37,39-40,43,46-49,51-52,54-63H2,1-3H3/b10-7-,12-9-,19-16-,21-18-,27-25-,31-30-,34-33-,38-36-,44-41-,45-42-,53-50-. The maximum Gasteiger partial charge on any atom is 0.306 e. The summed E-state index contributed by atoms with van der Waals surface area (Å²) in [5, 5.41) is 0. The zero-order chi connectivity index (χ0) is 52.9. The Morgan fingerprint density at radius 1 is 0.288 bits per heavy atom. The summed E-state index contributed by atoms with van der Waals surface area (Å²) in [6, 6.07) is 0. The fourth-order valence-electron chi connectivity index (χ4n) is 7.79. The second-order valence-electron chi connectivity index (χ2n) is 19.1. The van der Waals surface area contributed by atoms with Crippen LogP contribution in [0.1, 0.15) is 252 Å². The number of esters is 3. The van der Waals surface area contributed by atoms with Crippen LogP contribution < -0.4 is 0 Å². The van der Waals surface area contributed by atoms with E-state index in [4.69, 9.17) is 14.2 Å². The van der Waals surface area contributed by atoms with Crippen molar-refractivity contribution >= 4 is 17.9 Å². The summed E-state index contributed by atoms with van der Waals surface area (Å²) in [7, 11) is 0. The summed E-state index contributed by atoms with van der Waals surface area (Å²) in [6.07, 6.45) is 84.6. The average molecular weight is 1010 g/mol. The van der Waals surface area contributed by atoms with Crippen LogP contribution in [-0.4, -0.2) is 37.2 Å². The van der Waals surface area contributed by atoms with Gasteiger partial charge in [0.25, 0.3) is 0 Å². The Labute approximate surface area is 449 Å². The minimum atomic E-state index is -0.824. The van der Waals surface area contributed by atoms with Gasteiger partial charge in [0.15, 0.2) is 6.10 Å². The van der Waals surface area contributed by atoms with Crippen molar-refractivity contribution in [2.75, 3.05) is 13.2 Å². The number of allylic oxidation sites excluding steroid dienone is 22. The highest BCUT2D eigenvalue weighted by molar-refractivity contribution is 5.71. The molecule has 73 heavy (non-hydrogen) atoms. The molecule has 6 nitrogen and oxygen atoms in total. The molecule has 0 bridgehead atoms. The summed E-state index contributed by atoms with van der Waals surface area (Å²) in [6.45, 7) is 6.32. The third-order valence-electron chi connectivity index (χ3n) is 12.2. The molecule has 1 unspecified atom stereocenters. The van der Waals surface area contributed by atoms with Gasteiger partial charge in [-0.15, -0.1) is 0 Å². The molecule has 0 aliphatic heterocycles. The normalized spacial score (nSPS) is 13.1. The van der Waals surface area contributed by atoms with Crippen molar-refractivity contribution in [3.63, 3.8) is 0 Å². The summed E-state index contributed by atoms with van der Waals surface area (Å²) in [5.41, 5.74) is 0. The predicted molar refractivity (Wildman–Crippen MR) is 316 cm³/mol. The first-order valence-electron chi connectivity index (χ1n) is 29.7. The molecule has 0 fully saturated rings. The van der Waals surface area contributed by atoms with Crippen molar-refractivity contribution < 1.29 is 28.6 Å². The lowest BCUT2D eigenvalue weighted by Crippen LogP contribution is -2.30. The molecule has 1 atom stereocenters. The zero-order valence-corrected chi connectivity index (χ0v) is 47.1. The summed E-state index contributed by atoms with van der Waals surface area (Å²) in [4.78, 5) is 38.1. The van der Waals surface area contributed by atoms with Gasteiger partial charge in [-0.3, -0.25) is 14.4 Å². The molecule has 0 aliphatic rings. The first-order chi connectivity index (χ1) is 36.0. The first kappa shape index (κ1) is 68.6. The topological polar surface area (TPSA) is 78.9 Å². The second-order valence-corrected chi connectivity index (χ2v) is 19.1. The highest BCUT2D eigenvalue weighted by Crippen LogP contribution is 2.15. The number of ether oxygens (including phenoxy) is 3. The van der Waals surface area contributed by atoms with Crippen molar-refractivity contribution in [1.82, 2.24) is 0 Å². The van der Waals surface area contributed by atoms with Gasteiger partial charge in [0.1, 0.15) is 13.2 Å². The summed E-state index contributed by atoms with van der Waals surface area (Å²) < 4.78 is 16.8. The zero-order valence-electron chi connectivity index (χ0n) is 47.1. The largest absolute Gasteiger partial charge is 0.462 e. The van der Waals surface area contributed by atoms with Crippen LogP contribution in [0.3, 0.4) is 0 Å². The Morgan fingerprint density at radius 3 is 0.918 bits per heavy atom. The first-order valence-corrected chi connectivity index (χ1v) is 29.7. The molecule has 0 heterocycles. The number of rotatable bonds is 52. The maximum atomic E-state index is 12.9. The Morgan fingerprint density at radius 2 is 0.562 bits per heavy atom. The van der Waals surface area contributed by atoms with Crippen LogP contribution in [0.4, 0.5) is 0 Å². The Kier molecular flexibility index (Phi) is 56.4. The van der Waals surface area contributed by atoms with Crippen LogP contribution >= 0.6 is 0 Å². The van der Waals surface area contributed by atoms with E-state index in [1.54, 1.807) is 0 Å². The monoisotopic (exact) mass is 1010 g/mol. The number of hydrogen-bond acceptors (Lipinski definition) is 6.